The van der Waals surface area contributed by atoms with E-state index in [1.54, 1.807) is 6.92 Å². The van der Waals surface area contributed by atoms with Gasteiger partial charge in [0, 0.05) is 12.8 Å². The molecule has 28 nitrogen and oxygen atoms in total. The van der Waals surface area contributed by atoms with Crippen LogP contribution in [-0.2, 0) is 66.7 Å². The van der Waals surface area contributed by atoms with Crippen LogP contribution in [0.5, 0.6) is 0 Å². The fraction of sp³-hybridized carbons (Fsp3) is 0.946. The number of rotatable bonds is 18. The Morgan fingerprint density at radius 1 is 0.647 bits per heavy atom. The molecule has 0 spiro atoms. The fourth-order valence-electron chi connectivity index (χ4n) is 15.8. The van der Waals surface area contributed by atoms with E-state index < -0.39 is 206 Å². The molecule has 5 heterocycles. The molecule has 0 aromatic carbocycles. The van der Waals surface area contributed by atoms with Gasteiger partial charge in [-0.05, 0) is 113 Å². The number of aliphatic hydroxyl groups excluding tert-OH is 12. The summed E-state index contributed by atoms with van der Waals surface area (Å²) in [5.41, 5.74) is -1.26. The average molecular weight is 1250 g/mol. The molecular weight excluding hydrogens is 1150 g/mol. The van der Waals surface area contributed by atoms with Crippen LogP contribution in [0.4, 0.5) is 0 Å². The van der Waals surface area contributed by atoms with Crippen molar-refractivity contribution < 1.29 is 136 Å². The Morgan fingerprint density at radius 3 is 1.78 bits per heavy atom. The van der Waals surface area contributed by atoms with Crippen molar-refractivity contribution in [2.24, 2.45) is 40.4 Å². The highest BCUT2D eigenvalue weighted by Crippen LogP contribution is 2.67. The molecule has 3 saturated carbocycles. The normalized spacial score (nSPS) is 51.3. The van der Waals surface area contributed by atoms with Gasteiger partial charge in [-0.3, -0.25) is 9.35 Å². The monoisotopic (exact) mass is 1240 g/mol. The van der Waals surface area contributed by atoms with Crippen LogP contribution in [0, 0.1) is 40.4 Å². The second kappa shape index (κ2) is 26.2. The van der Waals surface area contributed by atoms with E-state index in [0.717, 1.165) is 12.0 Å². The first kappa shape index (κ1) is 67.7. The highest BCUT2D eigenvalue weighted by molar-refractivity contribution is 7.80. The minimum absolute atomic E-state index is 0.00462. The molecule has 29 heteroatoms. The third kappa shape index (κ3) is 13.5. The van der Waals surface area contributed by atoms with Crippen LogP contribution >= 0.6 is 0 Å². The van der Waals surface area contributed by atoms with Crippen LogP contribution < -0.4 is 0 Å². The zero-order chi connectivity index (χ0) is 62.3. The Hall–Kier alpha value is -1.64. The minimum atomic E-state index is -4.88. The molecule has 0 bridgehead atoms. The molecule has 0 amide bonds. The zero-order valence-electron chi connectivity index (χ0n) is 49.1. The molecule has 0 aromatic rings. The predicted molar refractivity (Wildman–Crippen MR) is 286 cm³/mol. The van der Waals surface area contributed by atoms with Crippen molar-refractivity contribution in [2.75, 3.05) is 13.2 Å². The zero-order valence-corrected chi connectivity index (χ0v) is 50.0. The minimum Gasteiger partial charge on any atom is -0.394 e. The van der Waals surface area contributed by atoms with E-state index in [2.05, 4.69) is 19.9 Å². The highest BCUT2D eigenvalue weighted by Gasteiger charge is 2.64. The van der Waals surface area contributed by atoms with Crippen molar-refractivity contribution in [3.8, 4) is 0 Å². The lowest BCUT2D eigenvalue weighted by atomic mass is 9.47. The highest BCUT2D eigenvalue weighted by atomic mass is 32.3. The van der Waals surface area contributed by atoms with Crippen LogP contribution in [0.15, 0.2) is 11.6 Å². The van der Waals surface area contributed by atoms with Gasteiger partial charge >= 0.3 is 10.4 Å². The van der Waals surface area contributed by atoms with Gasteiger partial charge in [0.2, 0.25) is 0 Å². The van der Waals surface area contributed by atoms with Gasteiger partial charge in [-0.15, -0.1) is 0 Å². The van der Waals surface area contributed by atoms with E-state index in [0.29, 0.717) is 32.1 Å². The van der Waals surface area contributed by atoms with E-state index in [1.165, 1.54) is 20.8 Å². The second-order valence-corrected chi connectivity index (χ2v) is 27.7. The van der Waals surface area contributed by atoms with Crippen LogP contribution in [0.1, 0.15) is 113 Å². The topological polar surface area (TPSA) is 436 Å². The lowest BCUT2D eigenvalue weighted by Crippen LogP contribution is -2.67. The number of carbonyl (C=O) groups is 1. The SMILES string of the molecule is CC(C)CC(=O)CC(C)(O)[C@H]1CCC2C3C[C@H](OC4OC(C)C(O)C(OC5OCC(OC6OC(CO)C(O)C(O)C6OC6OC(C)C(O)C(O)C6O)C(O)C5OC5OC(C)C(O)C(O)C5O)C4O)C4C[C@@H](OS(=O)(=O)O)CC[C@]4(C)C3=CC[C@@]21C. The molecule has 4 aliphatic carbocycles. The molecule has 85 heavy (non-hydrogen) atoms. The number of Topliss-reactive ketones (excluding diaryl/α,β-unsaturated/α-hetero) is 1. The van der Waals surface area contributed by atoms with Crippen molar-refractivity contribution in [3.05, 3.63) is 11.6 Å². The maximum absolute atomic E-state index is 13.2. The van der Waals surface area contributed by atoms with Crippen molar-refractivity contribution in [1.29, 1.82) is 0 Å². The Labute approximate surface area is 494 Å². The number of allylic oxidation sites excluding steroid dienone is 2. The Morgan fingerprint density at radius 2 is 1.20 bits per heavy atom. The maximum atomic E-state index is 13.2. The smallest absolute Gasteiger partial charge is 0.394 e. The molecule has 28 unspecified atom stereocenters. The summed E-state index contributed by atoms with van der Waals surface area (Å²) >= 11 is 0. The van der Waals surface area contributed by atoms with Gasteiger partial charge in [-0.25, -0.2) is 4.18 Å². The lowest BCUT2D eigenvalue weighted by Gasteiger charge is -2.60. The molecule has 8 fully saturated rings. The van der Waals surface area contributed by atoms with Crippen LogP contribution in [0.2, 0.25) is 0 Å². The molecule has 33 atom stereocenters. The largest absolute Gasteiger partial charge is 0.397 e. The van der Waals surface area contributed by atoms with Crippen LogP contribution in [-0.4, -0.2) is 264 Å². The number of fused-ring (bicyclic) bond motifs is 5. The summed E-state index contributed by atoms with van der Waals surface area (Å²) in [5.74, 6) is -0.799. The molecule has 14 N–H and O–H groups in total. The first-order valence-electron chi connectivity index (χ1n) is 29.9. The Balaban J connectivity index is 0.982. The van der Waals surface area contributed by atoms with Gasteiger partial charge in [0.05, 0.1) is 49.3 Å². The van der Waals surface area contributed by atoms with E-state index in [9.17, 15) is 84.1 Å². The first-order chi connectivity index (χ1) is 39.7. The van der Waals surface area contributed by atoms with E-state index >= 15 is 0 Å². The van der Waals surface area contributed by atoms with Gasteiger partial charge in [0.1, 0.15) is 103 Å². The summed E-state index contributed by atoms with van der Waals surface area (Å²) in [6.45, 7) is 12.6. The van der Waals surface area contributed by atoms with Gasteiger partial charge in [0.15, 0.2) is 31.5 Å². The lowest BCUT2D eigenvalue weighted by molar-refractivity contribution is -0.398. The van der Waals surface area contributed by atoms with Crippen molar-refractivity contribution in [1.82, 2.24) is 0 Å². The molecule has 5 aliphatic heterocycles. The van der Waals surface area contributed by atoms with Crippen molar-refractivity contribution in [3.63, 3.8) is 0 Å². The number of carbonyl (C=O) groups excluding carboxylic acids is 1. The molecule has 0 aromatic heterocycles. The summed E-state index contributed by atoms with van der Waals surface area (Å²) in [4.78, 5) is 13.2. The summed E-state index contributed by atoms with van der Waals surface area (Å²) < 4.78 is 100. The average Bonchev–Trinajstić information content (AvgIpc) is 1.71. The second-order valence-electron chi connectivity index (χ2n) is 26.7. The molecule has 0 radical (unpaired) electrons. The molecule has 5 saturated heterocycles. The number of ether oxygens (including phenoxy) is 10. The summed E-state index contributed by atoms with van der Waals surface area (Å²) in [6.07, 6.45) is -37.1. The van der Waals surface area contributed by atoms with E-state index in [1.807, 2.05) is 13.8 Å². The summed E-state index contributed by atoms with van der Waals surface area (Å²) in [6, 6.07) is 0. The summed E-state index contributed by atoms with van der Waals surface area (Å²) in [5, 5.41) is 145. The van der Waals surface area contributed by atoms with E-state index in [-0.39, 0.29) is 48.7 Å². The number of hydrogen-bond acceptors (Lipinski definition) is 27. The fourth-order valence-corrected chi connectivity index (χ4v) is 16.3. The van der Waals surface area contributed by atoms with Crippen molar-refractivity contribution in [2.45, 2.75) is 278 Å². The maximum Gasteiger partial charge on any atom is 0.397 e. The third-order valence-electron chi connectivity index (χ3n) is 20.3. The van der Waals surface area contributed by atoms with Gasteiger partial charge < -0.3 is 114 Å². The standard InChI is InChI=1S/C56H92O28S/c1-21(2)15-25(58)18-56(8,70)34-10-9-28-27-17-31(30-16-26(84-85(71,72)73)11-13-54(30,6)29(27)12-14-55(28,34)7)78-51-45(69)46(37(61)24(5)77-51)81-52-47(82-49-43(67)40(64)35(59)22(3)75-49)39(63)33(20-74-52)80-53-48(42(66)38(62)32(19-57)79-53)83-50-44(68)41(65)36(60)23(4)76-50/h12,21-24,26-28,30-53,57,59-70H,9-11,13-20H2,1-8H3,(H,71,72,73)/t22?,23?,24?,26-,27?,28?,30?,31-,32?,33?,34-,35?,36?,37?,38?,39?,40?,41?,42?,43?,44?,45?,46?,47?,48?,49?,50?,51?,52?,53?,54+,55-,56?/m0/s1. The van der Waals surface area contributed by atoms with E-state index in [4.69, 9.17) is 51.6 Å². The van der Waals surface area contributed by atoms with Gasteiger partial charge in [0.25, 0.3) is 0 Å². The van der Waals surface area contributed by atoms with Gasteiger partial charge in [-0.2, -0.15) is 8.42 Å². The molecule has 9 aliphatic rings. The Bertz CT molecular complexity index is 2420. The third-order valence-corrected chi connectivity index (χ3v) is 20.8. The predicted octanol–water partition coefficient (Wildman–Crippen LogP) is -2.68. The van der Waals surface area contributed by atoms with Gasteiger partial charge in [-0.1, -0.05) is 39.3 Å². The number of hydrogen-bond donors (Lipinski definition) is 14. The Kier molecular flexibility index (Phi) is 20.8. The summed E-state index contributed by atoms with van der Waals surface area (Å²) in [7, 11) is -4.88. The molecule has 9 rings (SSSR count). The number of aliphatic hydroxyl groups is 13. The molecular formula is C56H92O28S. The van der Waals surface area contributed by atoms with Crippen LogP contribution in [0.25, 0.3) is 0 Å². The van der Waals surface area contributed by atoms with Crippen molar-refractivity contribution >= 4 is 16.2 Å². The first-order valence-corrected chi connectivity index (χ1v) is 31.3. The molecule has 490 valence electrons. The quantitative estimate of drug-likeness (QED) is 0.0491. The van der Waals surface area contributed by atoms with Crippen LogP contribution in [0.3, 0.4) is 0 Å². The number of ketones is 1.